The number of carbonyl (C=O) groups excluding carboxylic acids is 2. The molecule has 170 valence electrons. The Morgan fingerprint density at radius 3 is 2.61 bits per heavy atom. The predicted octanol–water partition coefficient (Wildman–Crippen LogP) is 3.08. The van der Waals surface area contributed by atoms with Crippen molar-refractivity contribution in [2.75, 3.05) is 26.7 Å². The predicted molar refractivity (Wildman–Crippen MR) is 123 cm³/mol. The number of nitrogens with zero attached hydrogens (tertiary/aromatic N) is 6. The third-order valence-electron chi connectivity index (χ3n) is 5.52. The lowest BCUT2D eigenvalue weighted by Gasteiger charge is -2.23. The maximum atomic E-state index is 13.5. The molecule has 0 radical (unpaired) electrons. The van der Waals surface area contributed by atoms with Crippen LogP contribution in [0.2, 0.25) is 0 Å². The van der Waals surface area contributed by atoms with E-state index in [4.69, 9.17) is 9.40 Å². The van der Waals surface area contributed by atoms with Crippen molar-refractivity contribution >= 4 is 22.8 Å². The van der Waals surface area contributed by atoms with Gasteiger partial charge in [-0.2, -0.15) is 5.10 Å². The van der Waals surface area contributed by atoms with Gasteiger partial charge in [0.05, 0.1) is 35.6 Å². The summed E-state index contributed by atoms with van der Waals surface area (Å²) in [5.74, 6) is 0.358. The molecule has 9 nitrogen and oxygen atoms in total. The number of fused-ring (bicyclic) bond motifs is 1. The van der Waals surface area contributed by atoms with Gasteiger partial charge in [0.1, 0.15) is 12.3 Å². The van der Waals surface area contributed by atoms with Gasteiger partial charge in [-0.25, -0.2) is 9.67 Å². The van der Waals surface area contributed by atoms with Crippen molar-refractivity contribution < 1.29 is 14.0 Å². The molecule has 0 aliphatic heterocycles. The van der Waals surface area contributed by atoms with E-state index in [0.29, 0.717) is 41.9 Å². The number of carbonyl (C=O) groups is 2. The van der Waals surface area contributed by atoms with Crippen LogP contribution in [0, 0.1) is 0 Å². The minimum Gasteiger partial charge on any atom is -0.467 e. The Kier molecular flexibility index (Phi) is 6.48. The first kappa shape index (κ1) is 22.2. The summed E-state index contributed by atoms with van der Waals surface area (Å²) in [6.07, 6.45) is 6.61. The highest BCUT2D eigenvalue weighted by Gasteiger charge is 2.23. The second kappa shape index (κ2) is 9.64. The van der Waals surface area contributed by atoms with E-state index in [9.17, 15) is 9.59 Å². The fourth-order valence-corrected chi connectivity index (χ4v) is 3.71. The zero-order valence-electron chi connectivity index (χ0n) is 18.9. The van der Waals surface area contributed by atoms with Crippen LogP contribution in [-0.2, 0) is 11.3 Å². The number of hydrogen-bond donors (Lipinski definition) is 0. The Labute approximate surface area is 191 Å². The van der Waals surface area contributed by atoms with Crippen molar-refractivity contribution in [3.63, 3.8) is 0 Å². The summed E-state index contributed by atoms with van der Waals surface area (Å²) in [4.78, 5) is 38.1. The van der Waals surface area contributed by atoms with Gasteiger partial charge in [0.15, 0.2) is 5.65 Å². The van der Waals surface area contributed by atoms with Crippen molar-refractivity contribution in [2.24, 2.45) is 0 Å². The topological polar surface area (TPSA) is 97.4 Å². The second-order valence-electron chi connectivity index (χ2n) is 7.64. The van der Waals surface area contributed by atoms with Crippen LogP contribution in [0.15, 0.2) is 59.6 Å². The zero-order valence-corrected chi connectivity index (χ0v) is 18.9. The lowest BCUT2D eigenvalue weighted by molar-refractivity contribution is -0.131. The summed E-state index contributed by atoms with van der Waals surface area (Å²) in [5.41, 5.74) is 2.36. The van der Waals surface area contributed by atoms with Crippen molar-refractivity contribution in [3.05, 3.63) is 66.5 Å². The highest BCUT2D eigenvalue weighted by atomic mass is 16.3. The molecule has 33 heavy (non-hydrogen) atoms. The fourth-order valence-electron chi connectivity index (χ4n) is 3.71. The number of rotatable bonds is 8. The van der Waals surface area contributed by atoms with Gasteiger partial charge >= 0.3 is 0 Å². The molecule has 0 aromatic carbocycles. The molecule has 0 bridgehead atoms. The molecule has 0 saturated carbocycles. The van der Waals surface area contributed by atoms with Crippen LogP contribution in [-0.4, -0.2) is 68.0 Å². The van der Waals surface area contributed by atoms with Crippen LogP contribution in [0.3, 0.4) is 0 Å². The maximum absolute atomic E-state index is 13.5. The minimum atomic E-state index is -0.273. The summed E-state index contributed by atoms with van der Waals surface area (Å²) in [6.45, 7) is 5.41. The SMILES string of the molecule is CCN(CC)C(=O)CN(C)C(=O)c1cc(-c2cccnc2)nc2c1cnn2Cc1ccco1. The Morgan fingerprint density at radius 1 is 1.12 bits per heavy atom. The summed E-state index contributed by atoms with van der Waals surface area (Å²) < 4.78 is 7.16. The first-order chi connectivity index (χ1) is 16.0. The Bertz CT molecular complexity index is 1250. The summed E-state index contributed by atoms with van der Waals surface area (Å²) in [7, 11) is 1.63. The van der Waals surface area contributed by atoms with Gasteiger partial charge < -0.3 is 14.2 Å². The van der Waals surface area contributed by atoms with Gasteiger partial charge in [-0.3, -0.25) is 14.6 Å². The normalized spacial score (nSPS) is 11.0. The number of pyridine rings is 2. The maximum Gasteiger partial charge on any atom is 0.254 e. The van der Waals surface area contributed by atoms with E-state index in [2.05, 4.69) is 10.1 Å². The average Bonchev–Trinajstić information content (AvgIpc) is 3.50. The fraction of sp³-hybridized carbons (Fsp3) is 0.292. The lowest BCUT2D eigenvalue weighted by Crippen LogP contribution is -2.41. The monoisotopic (exact) mass is 446 g/mol. The molecule has 9 heteroatoms. The number of likely N-dealkylation sites (N-methyl/N-ethyl adjacent to an activating group) is 2. The molecule has 0 aliphatic carbocycles. The van der Waals surface area contributed by atoms with Crippen LogP contribution >= 0.6 is 0 Å². The smallest absolute Gasteiger partial charge is 0.254 e. The van der Waals surface area contributed by atoms with Crippen molar-refractivity contribution in [2.45, 2.75) is 20.4 Å². The molecular weight excluding hydrogens is 420 g/mol. The van der Waals surface area contributed by atoms with Crippen molar-refractivity contribution in [1.29, 1.82) is 0 Å². The third-order valence-corrected chi connectivity index (χ3v) is 5.52. The molecule has 2 amide bonds. The highest BCUT2D eigenvalue weighted by molar-refractivity contribution is 6.07. The number of aromatic nitrogens is 4. The molecule has 0 saturated heterocycles. The van der Waals surface area contributed by atoms with Gasteiger partial charge in [-0.15, -0.1) is 0 Å². The zero-order chi connectivity index (χ0) is 23.4. The van der Waals surface area contributed by atoms with Crippen molar-refractivity contribution in [1.82, 2.24) is 29.5 Å². The molecule has 4 aromatic heterocycles. The molecule has 4 heterocycles. The van der Waals surface area contributed by atoms with E-state index in [1.165, 1.54) is 4.90 Å². The van der Waals surface area contributed by atoms with Crippen LogP contribution < -0.4 is 0 Å². The quantitative estimate of drug-likeness (QED) is 0.413. The second-order valence-corrected chi connectivity index (χ2v) is 7.64. The van der Waals surface area contributed by atoms with Gasteiger partial charge in [-0.05, 0) is 44.2 Å². The number of amides is 2. The molecule has 0 spiro atoms. The van der Waals surface area contributed by atoms with Crippen LogP contribution in [0.4, 0.5) is 0 Å². The van der Waals surface area contributed by atoms with Crippen molar-refractivity contribution in [3.8, 4) is 11.3 Å². The van der Waals surface area contributed by atoms with Gasteiger partial charge in [-0.1, -0.05) is 0 Å². The molecule has 4 rings (SSSR count). The molecule has 0 unspecified atom stereocenters. The van der Waals surface area contributed by atoms with Crippen LogP contribution in [0.1, 0.15) is 30.0 Å². The number of hydrogen-bond acceptors (Lipinski definition) is 6. The van der Waals surface area contributed by atoms with E-state index in [0.717, 1.165) is 11.3 Å². The largest absolute Gasteiger partial charge is 0.467 e. The summed E-state index contributed by atoms with van der Waals surface area (Å²) in [6, 6.07) is 9.11. The van der Waals surface area contributed by atoms with Crippen LogP contribution in [0.25, 0.3) is 22.3 Å². The van der Waals surface area contributed by atoms with E-state index in [1.807, 2.05) is 38.1 Å². The molecule has 0 atom stereocenters. The van der Waals surface area contributed by atoms with Crippen LogP contribution in [0.5, 0.6) is 0 Å². The highest BCUT2D eigenvalue weighted by Crippen LogP contribution is 2.26. The van der Waals surface area contributed by atoms with Gasteiger partial charge in [0.2, 0.25) is 5.91 Å². The molecule has 0 aliphatic rings. The summed E-state index contributed by atoms with van der Waals surface area (Å²) in [5, 5.41) is 5.07. The van der Waals surface area contributed by atoms with E-state index in [1.54, 1.807) is 47.5 Å². The van der Waals surface area contributed by atoms with E-state index in [-0.39, 0.29) is 18.4 Å². The minimum absolute atomic E-state index is 0.00686. The molecule has 0 fully saturated rings. The lowest BCUT2D eigenvalue weighted by atomic mass is 10.1. The Balaban J connectivity index is 1.75. The summed E-state index contributed by atoms with van der Waals surface area (Å²) >= 11 is 0. The van der Waals surface area contributed by atoms with E-state index >= 15 is 0 Å². The van der Waals surface area contributed by atoms with Gasteiger partial charge in [0.25, 0.3) is 5.91 Å². The molecule has 4 aromatic rings. The number of furan rings is 1. The first-order valence-corrected chi connectivity index (χ1v) is 10.8. The Hall–Kier alpha value is -4.01. The van der Waals surface area contributed by atoms with Gasteiger partial charge in [0, 0.05) is 38.1 Å². The first-order valence-electron chi connectivity index (χ1n) is 10.8. The molecule has 0 N–H and O–H groups in total. The van der Waals surface area contributed by atoms with E-state index < -0.39 is 0 Å². The molecular formula is C24H26N6O3. The third kappa shape index (κ3) is 4.62. The average molecular weight is 447 g/mol. The standard InChI is InChI=1S/C24H26N6O3/c1-4-29(5-2)22(31)16-28(3)24(32)19-12-21(17-8-6-10-25-13-17)27-23-20(19)14-26-30(23)15-18-9-7-11-33-18/h6-14H,4-5,15-16H2,1-3H3. The Morgan fingerprint density at radius 2 is 1.94 bits per heavy atom.